The summed E-state index contributed by atoms with van der Waals surface area (Å²) in [6.45, 7) is 0. The Hall–Kier alpha value is -2.41. The van der Waals surface area contributed by atoms with Crippen molar-refractivity contribution in [3.63, 3.8) is 0 Å². The predicted molar refractivity (Wildman–Crippen MR) is 83.3 cm³/mol. The van der Waals surface area contributed by atoms with Crippen LogP contribution in [0.1, 0.15) is 0 Å². The minimum absolute atomic E-state index is 0.0193. The molecule has 0 aromatic heterocycles. The summed E-state index contributed by atoms with van der Waals surface area (Å²) in [7, 11) is 0.544. The van der Waals surface area contributed by atoms with E-state index in [0.717, 1.165) is 0 Å². The van der Waals surface area contributed by atoms with Crippen molar-refractivity contribution in [2.45, 2.75) is 4.90 Å². The van der Waals surface area contributed by atoms with Crippen LogP contribution in [0.3, 0.4) is 0 Å². The van der Waals surface area contributed by atoms with Gasteiger partial charge in [-0.05, 0) is 12.1 Å². The number of anilines is 1. The van der Waals surface area contributed by atoms with Crippen LogP contribution < -0.4 is 18.9 Å². The smallest absolute Gasteiger partial charge is 0.262 e. The van der Waals surface area contributed by atoms with Crippen LogP contribution in [-0.2, 0) is 10.0 Å². The molecule has 0 spiro atoms. The molecule has 118 valence electrons. The highest BCUT2D eigenvalue weighted by Gasteiger charge is 2.21. The van der Waals surface area contributed by atoms with E-state index in [4.69, 9.17) is 14.2 Å². The van der Waals surface area contributed by atoms with E-state index in [9.17, 15) is 8.42 Å². The Morgan fingerprint density at radius 1 is 0.864 bits per heavy atom. The molecule has 0 unspecified atom stereocenters. The summed E-state index contributed by atoms with van der Waals surface area (Å²) in [5, 5.41) is 0. The van der Waals surface area contributed by atoms with Crippen molar-refractivity contribution in [3.05, 3.63) is 42.5 Å². The first-order chi connectivity index (χ1) is 10.5. The highest BCUT2D eigenvalue weighted by atomic mass is 32.2. The fourth-order valence-corrected chi connectivity index (χ4v) is 3.02. The maximum atomic E-state index is 12.5. The summed E-state index contributed by atoms with van der Waals surface area (Å²) in [4.78, 5) is 0.0193. The van der Waals surface area contributed by atoms with Crippen LogP contribution in [0.2, 0.25) is 0 Å². The minimum Gasteiger partial charge on any atom is -0.493 e. The van der Waals surface area contributed by atoms with E-state index in [0.29, 0.717) is 11.4 Å². The number of methoxy groups -OCH3 is 3. The number of ether oxygens (including phenoxy) is 3. The van der Waals surface area contributed by atoms with Crippen molar-refractivity contribution in [2.24, 2.45) is 0 Å². The number of rotatable bonds is 6. The van der Waals surface area contributed by atoms with Gasteiger partial charge in [-0.25, -0.2) is 8.42 Å². The Balaban J connectivity index is 2.47. The third kappa shape index (κ3) is 3.25. The van der Waals surface area contributed by atoms with E-state index in [1.807, 2.05) is 0 Å². The third-order valence-corrected chi connectivity index (χ3v) is 4.34. The molecule has 22 heavy (non-hydrogen) atoms. The molecule has 0 radical (unpaired) electrons. The molecule has 0 atom stereocenters. The molecule has 0 aliphatic carbocycles. The lowest BCUT2D eigenvalue weighted by molar-refractivity contribution is 0.323. The van der Waals surface area contributed by atoms with Gasteiger partial charge in [-0.1, -0.05) is 18.2 Å². The zero-order valence-electron chi connectivity index (χ0n) is 12.5. The maximum absolute atomic E-state index is 12.5. The van der Waals surface area contributed by atoms with E-state index >= 15 is 0 Å². The lowest BCUT2D eigenvalue weighted by atomic mass is 10.3. The predicted octanol–water partition coefficient (Wildman–Crippen LogP) is 2.51. The number of benzene rings is 2. The van der Waals surface area contributed by atoms with Crippen molar-refractivity contribution in [3.8, 4) is 17.2 Å². The molecule has 0 heterocycles. The normalized spacial score (nSPS) is 10.9. The second-order valence-corrected chi connectivity index (χ2v) is 6.01. The summed E-state index contributed by atoms with van der Waals surface area (Å²) in [6.07, 6.45) is 0. The molecule has 0 saturated carbocycles. The van der Waals surface area contributed by atoms with Crippen LogP contribution in [0.15, 0.2) is 47.4 Å². The van der Waals surface area contributed by atoms with Crippen LogP contribution in [0.25, 0.3) is 0 Å². The SMILES string of the molecule is COc1cc(S(=O)(=O)Nc2ccccc2)cc(OC)c1OC. The Morgan fingerprint density at radius 3 is 1.86 bits per heavy atom. The summed E-state index contributed by atoms with van der Waals surface area (Å²) in [5.41, 5.74) is 0.469. The van der Waals surface area contributed by atoms with Gasteiger partial charge in [0.05, 0.1) is 26.2 Å². The van der Waals surface area contributed by atoms with E-state index in [2.05, 4.69) is 4.72 Å². The van der Waals surface area contributed by atoms with Crippen molar-refractivity contribution in [2.75, 3.05) is 26.1 Å². The number of sulfonamides is 1. The number of nitrogens with one attached hydrogen (secondary N) is 1. The van der Waals surface area contributed by atoms with Crippen LogP contribution in [-0.4, -0.2) is 29.7 Å². The van der Waals surface area contributed by atoms with Gasteiger partial charge in [-0.3, -0.25) is 4.72 Å². The minimum atomic E-state index is -3.77. The molecule has 0 saturated heterocycles. The molecule has 0 aliphatic heterocycles. The second-order valence-electron chi connectivity index (χ2n) is 4.33. The molecular weight excluding hydrogens is 306 g/mol. The molecule has 6 nitrogen and oxygen atoms in total. The third-order valence-electron chi connectivity index (χ3n) is 2.97. The second kappa shape index (κ2) is 6.57. The van der Waals surface area contributed by atoms with Gasteiger partial charge in [-0.2, -0.15) is 0 Å². The maximum Gasteiger partial charge on any atom is 0.262 e. The van der Waals surface area contributed by atoms with E-state index in [1.165, 1.54) is 33.5 Å². The first-order valence-electron chi connectivity index (χ1n) is 6.39. The van der Waals surface area contributed by atoms with Gasteiger partial charge in [0.15, 0.2) is 11.5 Å². The topological polar surface area (TPSA) is 73.9 Å². The van der Waals surface area contributed by atoms with E-state index in [1.54, 1.807) is 30.3 Å². The zero-order chi connectivity index (χ0) is 16.2. The largest absolute Gasteiger partial charge is 0.493 e. The molecule has 7 heteroatoms. The van der Waals surface area contributed by atoms with Gasteiger partial charge < -0.3 is 14.2 Å². The quantitative estimate of drug-likeness (QED) is 0.884. The first-order valence-corrected chi connectivity index (χ1v) is 7.88. The lowest BCUT2D eigenvalue weighted by Gasteiger charge is -2.15. The van der Waals surface area contributed by atoms with Gasteiger partial charge in [0.2, 0.25) is 5.75 Å². The zero-order valence-corrected chi connectivity index (χ0v) is 13.3. The Morgan fingerprint density at radius 2 is 1.41 bits per heavy atom. The highest BCUT2D eigenvalue weighted by Crippen LogP contribution is 2.39. The number of hydrogen-bond donors (Lipinski definition) is 1. The number of para-hydroxylation sites is 1. The molecule has 2 aromatic rings. The van der Waals surface area contributed by atoms with Crippen molar-refractivity contribution in [1.29, 1.82) is 0 Å². The molecule has 0 bridgehead atoms. The average Bonchev–Trinajstić information content (AvgIpc) is 2.53. The number of hydrogen-bond acceptors (Lipinski definition) is 5. The van der Waals surface area contributed by atoms with Gasteiger partial charge in [0, 0.05) is 17.8 Å². The summed E-state index contributed by atoms with van der Waals surface area (Å²) < 4.78 is 43.0. The van der Waals surface area contributed by atoms with Crippen LogP contribution >= 0.6 is 0 Å². The fraction of sp³-hybridized carbons (Fsp3) is 0.200. The summed E-state index contributed by atoms with van der Waals surface area (Å²) in [6, 6.07) is 11.4. The van der Waals surface area contributed by atoms with Crippen LogP contribution in [0.5, 0.6) is 17.2 Å². The van der Waals surface area contributed by atoms with E-state index < -0.39 is 10.0 Å². The van der Waals surface area contributed by atoms with E-state index in [-0.39, 0.29) is 16.4 Å². The molecule has 0 fully saturated rings. The molecule has 1 N–H and O–H groups in total. The molecular formula is C15H17NO5S. The first kappa shape index (κ1) is 16.0. The summed E-state index contributed by atoms with van der Waals surface area (Å²) in [5.74, 6) is 0.884. The molecule has 0 aliphatic rings. The fourth-order valence-electron chi connectivity index (χ4n) is 1.93. The molecule has 2 rings (SSSR count). The molecule has 2 aromatic carbocycles. The van der Waals surface area contributed by atoms with Gasteiger partial charge in [-0.15, -0.1) is 0 Å². The average molecular weight is 323 g/mol. The van der Waals surface area contributed by atoms with Gasteiger partial charge in [0.1, 0.15) is 0 Å². The monoisotopic (exact) mass is 323 g/mol. The standard InChI is InChI=1S/C15H17NO5S/c1-19-13-9-12(10-14(20-2)15(13)21-3)22(17,18)16-11-7-5-4-6-8-11/h4-10,16H,1-3H3. The highest BCUT2D eigenvalue weighted by molar-refractivity contribution is 7.92. The Labute approximate surface area is 129 Å². The van der Waals surface area contributed by atoms with Crippen LogP contribution in [0.4, 0.5) is 5.69 Å². The lowest BCUT2D eigenvalue weighted by Crippen LogP contribution is -2.13. The van der Waals surface area contributed by atoms with Gasteiger partial charge in [0.25, 0.3) is 10.0 Å². The van der Waals surface area contributed by atoms with Crippen molar-refractivity contribution >= 4 is 15.7 Å². The Bertz CT molecular complexity index is 719. The van der Waals surface area contributed by atoms with Gasteiger partial charge >= 0.3 is 0 Å². The summed E-state index contributed by atoms with van der Waals surface area (Å²) >= 11 is 0. The Kier molecular flexibility index (Phi) is 4.77. The van der Waals surface area contributed by atoms with Crippen molar-refractivity contribution in [1.82, 2.24) is 0 Å². The van der Waals surface area contributed by atoms with Crippen molar-refractivity contribution < 1.29 is 22.6 Å². The molecule has 0 amide bonds. The van der Waals surface area contributed by atoms with Crippen LogP contribution in [0, 0.1) is 0 Å².